The molecule has 1 saturated carbocycles. The van der Waals surface area contributed by atoms with E-state index in [2.05, 4.69) is 36.5 Å². The predicted octanol–water partition coefficient (Wildman–Crippen LogP) is 5.71. The zero-order valence-corrected chi connectivity index (χ0v) is 20.1. The lowest BCUT2D eigenvalue weighted by Gasteiger charge is -2.38. The van der Waals surface area contributed by atoms with Gasteiger partial charge in [0.2, 0.25) is 11.8 Å². The molecule has 2 aromatic rings. The first kappa shape index (κ1) is 25.3. The highest BCUT2D eigenvalue weighted by molar-refractivity contribution is 5.82. The molecule has 7 heteroatoms. The van der Waals surface area contributed by atoms with Crippen LogP contribution in [0, 0.1) is 11.8 Å². The number of alkyl halides is 3. The first-order valence-electron chi connectivity index (χ1n) is 12.6. The van der Waals surface area contributed by atoms with Gasteiger partial charge in [-0.15, -0.1) is 0 Å². The largest absolute Gasteiger partial charge is 0.416 e. The smallest absolute Gasteiger partial charge is 0.352 e. The van der Waals surface area contributed by atoms with Gasteiger partial charge in [0, 0.05) is 31.5 Å². The molecule has 188 valence electrons. The van der Waals surface area contributed by atoms with Crippen LogP contribution in [0.25, 0.3) is 0 Å². The number of hydrogen-bond donors (Lipinski definition) is 1. The van der Waals surface area contributed by atoms with E-state index < -0.39 is 17.7 Å². The standard InChI is InChI=1S/C28H33F3N2O2/c1-2-19-10-12-21(13-11-19)23-15-24(18-33(17-23)27(35)22-7-3-4-8-22)26(34)32-16-20-6-5-9-25(14-20)28(29,30)31/h5-6,9-14,22-24H,2-4,7-8,15-18H2,1H3,(H,32,34). The maximum absolute atomic E-state index is 13.2. The van der Waals surface area contributed by atoms with E-state index in [1.165, 1.54) is 11.6 Å². The zero-order chi connectivity index (χ0) is 25.0. The second-order valence-electron chi connectivity index (χ2n) is 9.87. The number of nitrogens with zero attached hydrogens (tertiary/aromatic N) is 1. The maximum Gasteiger partial charge on any atom is 0.416 e. The van der Waals surface area contributed by atoms with Crippen LogP contribution in [0.1, 0.15) is 67.2 Å². The van der Waals surface area contributed by atoms with E-state index in [1.54, 1.807) is 6.07 Å². The fraction of sp³-hybridized carbons (Fsp3) is 0.500. The molecule has 1 N–H and O–H groups in total. The first-order valence-corrected chi connectivity index (χ1v) is 12.6. The summed E-state index contributed by atoms with van der Waals surface area (Å²) in [5.41, 5.74) is 2.01. The summed E-state index contributed by atoms with van der Waals surface area (Å²) in [6, 6.07) is 13.4. The van der Waals surface area contributed by atoms with E-state index in [0.29, 0.717) is 25.1 Å². The molecular weight excluding hydrogens is 453 g/mol. The Labute approximate surface area is 204 Å². The van der Waals surface area contributed by atoms with E-state index >= 15 is 0 Å². The van der Waals surface area contributed by atoms with Crippen LogP contribution in [0.3, 0.4) is 0 Å². The van der Waals surface area contributed by atoms with Crippen molar-refractivity contribution in [3.05, 3.63) is 70.8 Å². The minimum atomic E-state index is -4.43. The molecule has 2 unspecified atom stereocenters. The summed E-state index contributed by atoms with van der Waals surface area (Å²) in [6.45, 7) is 3.07. The maximum atomic E-state index is 13.2. The van der Waals surface area contributed by atoms with Gasteiger partial charge in [-0.25, -0.2) is 0 Å². The Bertz CT molecular complexity index is 1030. The van der Waals surface area contributed by atoms with Gasteiger partial charge in [-0.2, -0.15) is 13.2 Å². The second-order valence-corrected chi connectivity index (χ2v) is 9.87. The molecule has 0 bridgehead atoms. The highest BCUT2D eigenvalue weighted by Crippen LogP contribution is 2.34. The number of nitrogens with one attached hydrogen (secondary N) is 1. The van der Waals surface area contributed by atoms with Crippen molar-refractivity contribution >= 4 is 11.8 Å². The van der Waals surface area contributed by atoms with Gasteiger partial charge in [0.1, 0.15) is 0 Å². The number of carbonyl (C=O) groups excluding carboxylic acids is 2. The van der Waals surface area contributed by atoms with Gasteiger partial charge in [-0.05, 0) is 54.5 Å². The van der Waals surface area contributed by atoms with E-state index in [-0.39, 0.29) is 30.2 Å². The monoisotopic (exact) mass is 486 g/mol. The number of piperidine rings is 1. The van der Waals surface area contributed by atoms with E-state index in [0.717, 1.165) is 49.8 Å². The van der Waals surface area contributed by atoms with Crippen LogP contribution in [0.5, 0.6) is 0 Å². The molecule has 0 spiro atoms. The molecule has 4 rings (SSSR count). The van der Waals surface area contributed by atoms with Crippen LogP contribution in [0.15, 0.2) is 48.5 Å². The van der Waals surface area contributed by atoms with Crippen molar-refractivity contribution in [2.75, 3.05) is 13.1 Å². The average molecular weight is 487 g/mol. The topological polar surface area (TPSA) is 49.4 Å². The molecule has 1 heterocycles. The summed E-state index contributed by atoms with van der Waals surface area (Å²) >= 11 is 0. The summed E-state index contributed by atoms with van der Waals surface area (Å²) < 4.78 is 39.1. The number of hydrogen-bond acceptors (Lipinski definition) is 2. The Morgan fingerprint density at radius 3 is 2.34 bits per heavy atom. The van der Waals surface area contributed by atoms with Crippen LogP contribution >= 0.6 is 0 Å². The third kappa shape index (κ3) is 6.24. The van der Waals surface area contributed by atoms with Crippen molar-refractivity contribution < 1.29 is 22.8 Å². The molecule has 2 aliphatic rings. The quantitative estimate of drug-likeness (QED) is 0.569. The Morgan fingerprint density at radius 1 is 0.971 bits per heavy atom. The van der Waals surface area contributed by atoms with E-state index in [1.807, 2.05) is 4.90 Å². The lowest BCUT2D eigenvalue weighted by atomic mass is 9.83. The minimum Gasteiger partial charge on any atom is -0.352 e. The molecule has 0 aromatic heterocycles. The number of rotatable bonds is 6. The number of carbonyl (C=O) groups is 2. The van der Waals surface area contributed by atoms with E-state index in [4.69, 9.17) is 0 Å². The molecule has 35 heavy (non-hydrogen) atoms. The number of halogens is 3. The molecular formula is C28H33F3N2O2. The molecule has 2 atom stereocenters. The molecule has 2 aromatic carbocycles. The fourth-order valence-corrected chi connectivity index (χ4v) is 5.36. The zero-order valence-electron chi connectivity index (χ0n) is 20.1. The van der Waals surface area contributed by atoms with Gasteiger partial charge in [-0.3, -0.25) is 9.59 Å². The van der Waals surface area contributed by atoms with Crippen molar-refractivity contribution in [2.45, 2.75) is 64.1 Å². The van der Waals surface area contributed by atoms with E-state index in [9.17, 15) is 22.8 Å². The third-order valence-corrected chi connectivity index (χ3v) is 7.42. The van der Waals surface area contributed by atoms with Gasteiger partial charge in [-0.1, -0.05) is 56.2 Å². The summed E-state index contributed by atoms with van der Waals surface area (Å²) in [7, 11) is 0. The lowest BCUT2D eigenvalue weighted by Crippen LogP contribution is -2.49. The Balaban J connectivity index is 1.48. The summed E-state index contributed by atoms with van der Waals surface area (Å²) in [4.78, 5) is 28.2. The van der Waals surface area contributed by atoms with Crippen molar-refractivity contribution in [1.29, 1.82) is 0 Å². The Hall–Kier alpha value is -2.83. The van der Waals surface area contributed by atoms with Crippen LogP contribution < -0.4 is 5.32 Å². The molecule has 2 amide bonds. The Kier molecular flexibility index (Phi) is 7.82. The average Bonchev–Trinajstić information content (AvgIpc) is 3.41. The van der Waals surface area contributed by atoms with Crippen LogP contribution in [0.4, 0.5) is 13.2 Å². The Morgan fingerprint density at radius 2 is 1.69 bits per heavy atom. The van der Waals surface area contributed by atoms with Gasteiger partial charge in [0.15, 0.2) is 0 Å². The van der Waals surface area contributed by atoms with Crippen molar-refractivity contribution in [1.82, 2.24) is 10.2 Å². The highest BCUT2D eigenvalue weighted by Gasteiger charge is 2.37. The van der Waals surface area contributed by atoms with Gasteiger partial charge < -0.3 is 10.2 Å². The van der Waals surface area contributed by atoms with Crippen molar-refractivity contribution in [2.24, 2.45) is 11.8 Å². The van der Waals surface area contributed by atoms with Crippen molar-refractivity contribution in [3.63, 3.8) is 0 Å². The number of benzene rings is 2. The van der Waals surface area contributed by atoms with Crippen LogP contribution in [0.2, 0.25) is 0 Å². The molecule has 4 nitrogen and oxygen atoms in total. The van der Waals surface area contributed by atoms with Crippen molar-refractivity contribution in [3.8, 4) is 0 Å². The molecule has 1 aliphatic heterocycles. The minimum absolute atomic E-state index is 0.0195. The van der Waals surface area contributed by atoms with Crippen LogP contribution in [-0.2, 0) is 28.7 Å². The normalized spacial score (nSPS) is 21.2. The summed E-state index contributed by atoms with van der Waals surface area (Å²) in [5, 5.41) is 2.82. The summed E-state index contributed by atoms with van der Waals surface area (Å²) in [6.07, 6.45) is 1.05. The number of amides is 2. The molecule has 2 fully saturated rings. The van der Waals surface area contributed by atoms with Gasteiger partial charge in [0.05, 0.1) is 11.5 Å². The van der Waals surface area contributed by atoms with Gasteiger partial charge in [0.25, 0.3) is 0 Å². The fourth-order valence-electron chi connectivity index (χ4n) is 5.36. The highest BCUT2D eigenvalue weighted by atomic mass is 19.4. The first-order chi connectivity index (χ1) is 16.7. The molecule has 1 aliphatic carbocycles. The van der Waals surface area contributed by atoms with Crippen LogP contribution in [-0.4, -0.2) is 29.8 Å². The number of likely N-dealkylation sites (tertiary alicyclic amines) is 1. The van der Waals surface area contributed by atoms with Gasteiger partial charge >= 0.3 is 6.18 Å². The summed E-state index contributed by atoms with van der Waals surface area (Å²) in [5.74, 6) is -0.417. The second kappa shape index (κ2) is 10.8. The lowest BCUT2D eigenvalue weighted by molar-refractivity contribution is -0.140. The molecule has 0 radical (unpaired) electrons. The number of aryl methyl sites for hydroxylation is 1. The molecule has 1 saturated heterocycles. The third-order valence-electron chi connectivity index (χ3n) is 7.42. The predicted molar refractivity (Wildman–Crippen MR) is 128 cm³/mol. The SMILES string of the molecule is CCc1ccc(C2CC(C(=O)NCc3cccc(C(F)(F)F)c3)CN(C(=O)C3CCCC3)C2)cc1.